The highest BCUT2D eigenvalue weighted by Gasteiger charge is 2.33. The quantitative estimate of drug-likeness (QED) is 0.456. The Morgan fingerprint density at radius 1 is 1.06 bits per heavy atom. The van der Waals surface area contributed by atoms with E-state index in [0.717, 1.165) is 18.9 Å². The Bertz CT molecular complexity index is 1230. The Morgan fingerprint density at radius 2 is 1.76 bits per heavy atom. The second kappa shape index (κ2) is 9.51. The van der Waals surface area contributed by atoms with Gasteiger partial charge in [0, 0.05) is 48.4 Å². The number of carbonyl (C=O) groups is 2. The van der Waals surface area contributed by atoms with Crippen molar-refractivity contribution in [3.63, 3.8) is 0 Å². The monoisotopic (exact) mass is 486 g/mol. The van der Waals surface area contributed by atoms with E-state index in [4.69, 9.17) is 0 Å². The summed E-state index contributed by atoms with van der Waals surface area (Å²) in [6, 6.07) is 10.7. The number of amides is 2. The van der Waals surface area contributed by atoms with Crippen molar-refractivity contribution < 1.29 is 22.9 Å². The fourth-order valence-electron chi connectivity index (χ4n) is 3.96. The Balaban J connectivity index is 1.38. The van der Waals surface area contributed by atoms with Crippen LogP contribution in [0.1, 0.15) is 41.6 Å². The number of piperidine rings is 1. The van der Waals surface area contributed by atoms with Gasteiger partial charge in [-0.15, -0.1) is 0 Å². The molecule has 0 bridgehead atoms. The second-order valence-corrected chi connectivity index (χ2v) is 10.6. The van der Waals surface area contributed by atoms with Gasteiger partial charge in [-0.2, -0.15) is 4.31 Å². The molecule has 11 heteroatoms. The molecule has 2 aliphatic rings. The molecule has 0 unspecified atom stereocenters. The summed E-state index contributed by atoms with van der Waals surface area (Å²) in [7, 11) is -3.92. The lowest BCUT2D eigenvalue weighted by molar-refractivity contribution is -0.385. The third kappa shape index (κ3) is 5.26. The minimum Gasteiger partial charge on any atom is -0.349 e. The Kier molecular flexibility index (Phi) is 6.67. The lowest BCUT2D eigenvalue weighted by Crippen LogP contribution is -2.41. The first kappa shape index (κ1) is 23.8. The number of anilines is 1. The van der Waals surface area contributed by atoms with Crippen LogP contribution in [0, 0.1) is 23.0 Å². The topological polar surface area (TPSA) is 139 Å². The fraction of sp³-hybridized carbons (Fsp3) is 0.391. The van der Waals surface area contributed by atoms with Crippen LogP contribution in [0.25, 0.3) is 0 Å². The van der Waals surface area contributed by atoms with Gasteiger partial charge in [0.2, 0.25) is 15.9 Å². The molecule has 4 rings (SSSR count). The van der Waals surface area contributed by atoms with Crippen molar-refractivity contribution in [1.29, 1.82) is 0 Å². The maximum Gasteiger partial charge on any atom is 0.270 e. The van der Waals surface area contributed by atoms with Crippen molar-refractivity contribution in [1.82, 2.24) is 9.62 Å². The smallest absolute Gasteiger partial charge is 0.270 e. The summed E-state index contributed by atoms with van der Waals surface area (Å²) in [4.78, 5) is 35.4. The van der Waals surface area contributed by atoms with Crippen LogP contribution in [0.2, 0.25) is 0 Å². The largest absolute Gasteiger partial charge is 0.349 e. The van der Waals surface area contributed by atoms with Gasteiger partial charge in [0.15, 0.2) is 0 Å². The van der Waals surface area contributed by atoms with Gasteiger partial charge in [0.1, 0.15) is 0 Å². The number of benzene rings is 2. The van der Waals surface area contributed by atoms with Crippen molar-refractivity contribution in [3.8, 4) is 0 Å². The van der Waals surface area contributed by atoms with E-state index in [2.05, 4.69) is 10.6 Å². The van der Waals surface area contributed by atoms with E-state index >= 15 is 0 Å². The van der Waals surface area contributed by atoms with Gasteiger partial charge in [-0.25, -0.2) is 8.42 Å². The van der Waals surface area contributed by atoms with Gasteiger partial charge in [0.25, 0.3) is 11.6 Å². The van der Waals surface area contributed by atoms with E-state index in [-0.39, 0.29) is 47.4 Å². The number of non-ortho nitro benzene ring substituents is 1. The zero-order valence-electron chi connectivity index (χ0n) is 18.7. The summed E-state index contributed by atoms with van der Waals surface area (Å²) in [5.74, 6) is -0.793. The molecule has 34 heavy (non-hydrogen) atoms. The predicted octanol–water partition coefficient (Wildman–Crippen LogP) is 2.83. The zero-order valence-corrected chi connectivity index (χ0v) is 19.5. The van der Waals surface area contributed by atoms with E-state index in [1.165, 1.54) is 16.4 Å². The Hall–Kier alpha value is -3.31. The fourth-order valence-corrected chi connectivity index (χ4v) is 5.67. The number of hydrogen-bond acceptors (Lipinski definition) is 6. The van der Waals surface area contributed by atoms with Crippen molar-refractivity contribution in [3.05, 3.63) is 63.7 Å². The summed E-state index contributed by atoms with van der Waals surface area (Å²) < 4.78 is 27.5. The van der Waals surface area contributed by atoms with Crippen molar-refractivity contribution in [2.24, 2.45) is 5.92 Å². The first-order valence-electron chi connectivity index (χ1n) is 11.1. The molecule has 1 heterocycles. The van der Waals surface area contributed by atoms with E-state index in [1.54, 1.807) is 31.2 Å². The molecular weight excluding hydrogens is 460 g/mol. The van der Waals surface area contributed by atoms with Crippen LogP contribution in [0.15, 0.2) is 47.4 Å². The number of nitro benzene ring substituents is 1. The number of nitrogens with zero attached hydrogens (tertiary/aromatic N) is 2. The van der Waals surface area contributed by atoms with Gasteiger partial charge >= 0.3 is 0 Å². The summed E-state index contributed by atoms with van der Waals surface area (Å²) in [5.41, 5.74) is 1.12. The zero-order chi connectivity index (χ0) is 24.5. The molecule has 1 saturated heterocycles. The average molecular weight is 487 g/mol. The van der Waals surface area contributed by atoms with Crippen LogP contribution in [0.3, 0.4) is 0 Å². The highest BCUT2D eigenvalue weighted by atomic mass is 32.2. The van der Waals surface area contributed by atoms with Gasteiger partial charge in [-0.1, -0.05) is 12.1 Å². The SMILES string of the molecule is Cc1ccc([N+](=O)[O-])cc1S(=O)(=O)N1CCC(C(=O)Nc2cccc(C(=O)NC3CC3)c2)CC1. The number of hydrogen-bond donors (Lipinski definition) is 2. The van der Waals surface area contributed by atoms with Gasteiger partial charge in [-0.05, 0) is 56.4 Å². The van der Waals surface area contributed by atoms with Gasteiger partial charge in [0.05, 0.1) is 9.82 Å². The third-order valence-electron chi connectivity index (χ3n) is 6.13. The summed E-state index contributed by atoms with van der Waals surface area (Å²) in [5, 5.41) is 16.8. The lowest BCUT2D eigenvalue weighted by atomic mass is 9.97. The van der Waals surface area contributed by atoms with Crippen LogP contribution in [-0.4, -0.2) is 48.6 Å². The van der Waals surface area contributed by atoms with E-state index in [1.807, 2.05) is 0 Å². The molecule has 2 fully saturated rings. The molecular formula is C23H26N4O6S. The molecule has 2 aromatic carbocycles. The third-order valence-corrected chi connectivity index (χ3v) is 8.17. The minimum absolute atomic E-state index is 0.0918. The molecule has 0 aromatic heterocycles. The van der Waals surface area contributed by atoms with Crippen LogP contribution in [0.5, 0.6) is 0 Å². The number of rotatable bonds is 7. The number of carbonyl (C=O) groups excluding carboxylic acids is 2. The molecule has 1 aliphatic carbocycles. The summed E-state index contributed by atoms with van der Waals surface area (Å²) in [6.07, 6.45) is 2.61. The molecule has 1 aliphatic heterocycles. The summed E-state index contributed by atoms with van der Waals surface area (Å²) >= 11 is 0. The lowest BCUT2D eigenvalue weighted by Gasteiger charge is -2.30. The van der Waals surface area contributed by atoms with Crippen LogP contribution < -0.4 is 10.6 Å². The first-order chi connectivity index (χ1) is 16.1. The molecule has 1 saturated carbocycles. The maximum absolute atomic E-state index is 13.1. The Morgan fingerprint density at radius 3 is 2.41 bits per heavy atom. The van der Waals surface area contributed by atoms with Gasteiger partial charge < -0.3 is 10.6 Å². The van der Waals surface area contributed by atoms with Crippen LogP contribution in [0.4, 0.5) is 11.4 Å². The highest BCUT2D eigenvalue weighted by Crippen LogP contribution is 2.29. The average Bonchev–Trinajstić information content (AvgIpc) is 3.63. The van der Waals surface area contributed by atoms with Crippen molar-refractivity contribution in [2.75, 3.05) is 18.4 Å². The molecule has 0 radical (unpaired) electrons. The second-order valence-electron chi connectivity index (χ2n) is 8.70. The van der Waals surface area contributed by atoms with Crippen LogP contribution in [-0.2, 0) is 14.8 Å². The number of nitro groups is 1. The number of nitrogens with one attached hydrogen (secondary N) is 2. The molecule has 2 amide bonds. The van der Waals surface area contributed by atoms with Gasteiger partial charge in [-0.3, -0.25) is 19.7 Å². The van der Waals surface area contributed by atoms with E-state index in [9.17, 15) is 28.1 Å². The van der Waals surface area contributed by atoms with Crippen molar-refractivity contribution in [2.45, 2.75) is 43.5 Å². The summed E-state index contributed by atoms with van der Waals surface area (Å²) in [6.45, 7) is 1.86. The normalized spacial score (nSPS) is 17.2. The number of aryl methyl sites for hydroxylation is 1. The molecule has 2 N–H and O–H groups in total. The molecule has 0 atom stereocenters. The molecule has 2 aromatic rings. The van der Waals surface area contributed by atoms with E-state index in [0.29, 0.717) is 29.7 Å². The predicted molar refractivity (Wildman–Crippen MR) is 125 cm³/mol. The van der Waals surface area contributed by atoms with E-state index < -0.39 is 14.9 Å². The molecule has 0 spiro atoms. The standard InChI is InChI=1S/C23H26N4O6S/c1-15-5-8-20(27(30)31)14-21(15)34(32,33)26-11-9-16(10-12-26)22(28)25-19-4-2-3-17(13-19)23(29)24-18-6-7-18/h2-5,8,13-14,16,18H,6-7,9-12H2,1H3,(H,24,29)(H,25,28). The van der Waals surface area contributed by atoms with Crippen LogP contribution >= 0.6 is 0 Å². The Labute approximate surface area is 197 Å². The van der Waals surface area contributed by atoms with Crippen molar-refractivity contribution >= 4 is 33.2 Å². The highest BCUT2D eigenvalue weighted by molar-refractivity contribution is 7.89. The number of sulfonamides is 1. The molecule has 10 nitrogen and oxygen atoms in total. The molecule has 180 valence electrons. The first-order valence-corrected chi connectivity index (χ1v) is 12.6. The minimum atomic E-state index is -3.92. The maximum atomic E-state index is 13.1.